The van der Waals surface area contributed by atoms with E-state index >= 15 is 0 Å². The van der Waals surface area contributed by atoms with Crippen LogP contribution >= 0.6 is 0 Å². The van der Waals surface area contributed by atoms with Gasteiger partial charge in [0, 0.05) is 6.54 Å². The number of nitrogens with zero attached hydrogens (tertiary/aromatic N) is 2. The van der Waals surface area contributed by atoms with Gasteiger partial charge in [-0.15, -0.1) is 0 Å². The highest BCUT2D eigenvalue weighted by Crippen LogP contribution is 2.35. The Morgan fingerprint density at radius 1 is 0.738 bits per heavy atom. The van der Waals surface area contributed by atoms with E-state index in [9.17, 15) is 35.7 Å². The van der Waals surface area contributed by atoms with Gasteiger partial charge in [-0.3, -0.25) is 5.41 Å². The van der Waals surface area contributed by atoms with Crippen molar-refractivity contribution in [3.63, 3.8) is 0 Å². The minimum atomic E-state index is -1.79. The summed E-state index contributed by atoms with van der Waals surface area (Å²) in [6, 6.07) is -3.53. The van der Waals surface area contributed by atoms with E-state index in [-0.39, 0.29) is 13.0 Å². The van der Waals surface area contributed by atoms with E-state index in [0.717, 1.165) is 0 Å². The molecule has 0 radical (unpaired) electrons. The second-order valence-electron chi connectivity index (χ2n) is 10.2. The molecule has 0 spiro atoms. The fourth-order valence-electron chi connectivity index (χ4n) is 5.22. The Hall–Kier alpha value is -2.67. The zero-order valence-corrected chi connectivity index (χ0v) is 22.4. The van der Waals surface area contributed by atoms with Gasteiger partial charge in [-0.2, -0.15) is 0 Å². The lowest BCUT2D eigenvalue weighted by Crippen LogP contribution is -2.68. The number of hydrogen-bond acceptors (Lipinski definition) is 15. The number of rotatable bonds is 9. The van der Waals surface area contributed by atoms with Gasteiger partial charge in [0.1, 0.15) is 61.0 Å². The van der Waals surface area contributed by atoms with Crippen LogP contribution in [-0.2, 0) is 18.9 Å². The maximum atomic E-state index is 11.5. The molecule has 0 aromatic rings. The minimum absolute atomic E-state index is 0.152. The molecule has 2 aliphatic heterocycles. The summed E-state index contributed by atoms with van der Waals surface area (Å²) in [6.45, 7) is -0.974. The molecule has 0 aromatic heterocycles. The highest BCUT2D eigenvalue weighted by Gasteiger charge is 2.53. The Morgan fingerprint density at radius 3 is 1.69 bits per heavy atom. The standard InChI is InChI=1S/C21H42N10O11/c22-2-6-10(34)12(36)13(37)18(39-6)42-16-5(30-20(25)26)1-4(29-19(23)24)15(14(16)38)41-17-11(35)8(31-21(27)28)9(33)7(3-32)40-17/h4-18,32-38H,1-3,22H2,(H4,23,24,29)(H4,25,26,30)(H4,27,28,31)/t4-,5+,6-,7-,8+,9-,10-,11-,12+,13-,14-,15+,16-,17-,18-/m1/s1. The Kier molecular flexibility index (Phi) is 11.4. The second-order valence-corrected chi connectivity index (χ2v) is 10.2. The summed E-state index contributed by atoms with van der Waals surface area (Å²) in [5.74, 6) is -1.43. The molecule has 42 heavy (non-hydrogen) atoms. The van der Waals surface area contributed by atoms with Crippen molar-refractivity contribution in [2.75, 3.05) is 13.2 Å². The lowest BCUT2D eigenvalue weighted by molar-refractivity contribution is -0.332. The van der Waals surface area contributed by atoms with E-state index in [1.54, 1.807) is 0 Å². The molecule has 3 fully saturated rings. The summed E-state index contributed by atoms with van der Waals surface area (Å²) in [5.41, 5.74) is 33.4. The Balaban J connectivity index is 1.96. The van der Waals surface area contributed by atoms with Crippen molar-refractivity contribution in [3.05, 3.63) is 0 Å². The number of aliphatic hydroxyl groups is 7. The van der Waals surface area contributed by atoms with Crippen LogP contribution < -0.4 is 39.7 Å². The number of guanidine groups is 3. The van der Waals surface area contributed by atoms with Crippen molar-refractivity contribution in [2.45, 2.75) is 98.2 Å². The summed E-state index contributed by atoms with van der Waals surface area (Å²) in [6.07, 6.45) is -18.9. The lowest BCUT2D eigenvalue weighted by atomic mass is 9.83. The molecular weight excluding hydrogens is 568 g/mol. The number of aliphatic hydroxyl groups excluding tert-OH is 7. The van der Waals surface area contributed by atoms with Gasteiger partial charge >= 0.3 is 0 Å². The smallest absolute Gasteiger partial charge is 0.187 e. The molecule has 242 valence electrons. The van der Waals surface area contributed by atoms with Gasteiger partial charge in [0.25, 0.3) is 0 Å². The molecule has 0 amide bonds. The van der Waals surface area contributed by atoms with Gasteiger partial charge in [-0.25, -0.2) is 9.98 Å². The second kappa shape index (κ2) is 14.2. The largest absolute Gasteiger partial charge is 0.394 e. The Morgan fingerprint density at radius 2 is 1.24 bits per heavy atom. The monoisotopic (exact) mass is 610 g/mol. The van der Waals surface area contributed by atoms with Crippen molar-refractivity contribution in [1.29, 1.82) is 5.41 Å². The van der Waals surface area contributed by atoms with Crippen molar-refractivity contribution in [3.8, 4) is 0 Å². The first-order valence-corrected chi connectivity index (χ1v) is 13.0. The van der Waals surface area contributed by atoms with Crippen LogP contribution in [0.25, 0.3) is 0 Å². The van der Waals surface area contributed by atoms with Crippen LogP contribution in [0.2, 0.25) is 0 Å². The van der Waals surface area contributed by atoms with Crippen molar-refractivity contribution in [2.24, 2.45) is 44.4 Å². The molecule has 2 saturated heterocycles. The molecule has 0 bridgehead atoms. The zero-order valence-electron chi connectivity index (χ0n) is 22.4. The third-order valence-corrected chi connectivity index (χ3v) is 7.23. The Labute approximate surface area is 239 Å². The highest BCUT2D eigenvalue weighted by molar-refractivity contribution is 5.76. The fourth-order valence-corrected chi connectivity index (χ4v) is 5.22. The number of aliphatic imine (C=N–C) groups is 2. The van der Waals surface area contributed by atoms with Crippen LogP contribution in [0.3, 0.4) is 0 Å². The molecule has 1 saturated carbocycles. The number of nitrogens with two attached hydrogens (primary N) is 6. The maximum Gasteiger partial charge on any atom is 0.187 e. The molecule has 0 unspecified atom stereocenters. The molecule has 15 atom stereocenters. The van der Waals surface area contributed by atoms with Gasteiger partial charge in [0.15, 0.2) is 30.5 Å². The summed E-state index contributed by atoms with van der Waals surface area (Å²) in [5, 5.41) is 83.4. The molecule has 2 heterocycles. The average Bonchev–Trinajstić information content (AvgIpc) is 2.91. The van der Waals surface area contributed by atoms with Gasteiger partial charge in [-0.05, 0) is 6.42 Å². The summed E-state index contributed by atoms with van der Waals surface area (Å²) in [4.78, 5) is 8.16. The van der Waals surface area contributed by atoms with Gasteiger partial charge in [0.05, 0.1) is 24.7 Å². The third-order valence-electron chi connectivity index (χ3n) is 7.23. The predicted octanol–water partition coefficient (Wildman–Crippen LogP) is -9.14. The minimum Gasteiger partial charge on any atom is -0.394 e. The summed E-state index contributed by atoms with van der Waals surface area (Å²) < 4.78 is 22.8. The van der Waals surface area contributed by atoms with Gasteiger partial charge in [-0.1, -0.05) is 0 Å². The first kappa shape index (κ1) is 33.8. The summed E-state index contributed by atoms with van der Waals surface area (Å²) >= 11 is 0. The van der Waals surface area contributed by atoms with Crippen LogP contribution in [0, 0.1) is 5.41 Å². The van der Waals surface area contributed by atoms with E-state index in [4.69, 9.17) is 58.8 Å². The molecule has 1 aliphatic carbocycles. The highest BCUT2D eigenvalue weighted by atomic mass is 16.7. The molecule has 21 N–H and O–H groups in total. The van der Waals surface area contributed by atoms with Crippen molar-refractivity contribution in [1.82, 2.24) is 5.32 Å². The van der Waals surface area contributed by atoms with Crippen molar-refractivity contribution >= 4 is 17.9 Å². The SMILES string of the molecule is N=C(N)N[C@@H]1[C@@H](O)[C@@H](O[C@@H]2[C@@H](O)[C@H](O[C@H]3O[C@H](CN)[C@@H](O)[C@H](O)[C@H]3O)[C@@H](N=C(N)N)C[C@H]2N=C(N)N)O[C@H](CO)[C@H]1O. The lowest BCUT2D eigenvalue weighted by Gasteiger charge is -2.48. The van der Waals surface area contributed by atoms with Crippen LogP contribution in [0.15, 0.2) is 9.98 Å². The molecule has 21 heteroatoms. The third kappa shape index (κ3) is 7.45. The van der Waals surface area contributed by atoms with E-state index in [1.165, 1.54) is 0 Å². The Bertz CT molecular complexity index is 971. The topological polar surface area (TPSA) is 395 Å². The van der Waals surface area contributed by atoms with Crippen LogP contribution in [0.4, 0.5) is 0 Å². The molecule has 0 aromatic carbocycles. The quantitative estimate of drug-likeness (QED) is 0.0850. The molecular formula is C21H42N10O11. The van der Waals surface area contributed by atoms with Crippen molar-refractivity contribution < 1.29 is 54.7 Å². The maximum absolute atomic E-state index is 11.5. The van der Waals surface area contributed by atoms with E-state index < -0.39 is 116 Å². The van der Waals surface area contributed by atoms with Crippen LogP contribution in [0.1, 0.15) is 6.42 Å². The number of hydrogen-bond donors (Lipinski definition) is 15. The van der Waals surface area contributed by atoms with E-state index in [1.807, 2.05) is 0 Å². The zero-order chi connectivity index (χ0) is 31.5. The normalized spacial score (nSPS) is 44.1. The number of nitrogens with one attached hydrogen (secondary N) is 2. The van der Waals surface area contributed by atoms with Gasteiger partial charge < -0.3 is 94.4 Å². The number of ether oxygens (including phenoxy) is 4. The van der Waals surface area contributed by atoms with E-state index in [0.29, 0.717) is 0 Å². The average molecular weight is 611 g/mol. The van der Waals surface area contributed by atoms with Gasteiger partial charge in [0.2, 0.25) is 0 Å². The molecule has 3 aliphatic rings. The first-order valence-electron chi connectivity index (χ1n) is 13.0. The van der Waals surface area contributed by atoms with Crippen LogP contribution in [-0.4, -0.2) is 159 Å². The van der Waals surface area contributed by atoms with E-state index in [2.05, 4.69) is 15.3 Å². The van der Waals surface area contributed by atoms with Crippen LogP contribution in [0.5, 0.6) is 0 Å². The molecule has 3 rings (SSSR count). The molecule has 21 nitrogen and oxygen atoms in total. The first-order chi connectivity index (χ1) is 19.7. The summed E-state index contributed by atoms with van der Waals surface area (Å²) in [7, 11) is 0. The predicted molar refractivity (Wildman–Crippen MR) is 142 cm³/mol. The fraction of sp³-hybridized carbons (Fsp3) is 0.857.